The van der Waals surface area contributed by atoms with Crippen molar-refractivity contribution in [3.8, 4) is 5.75 Å². The summed E-state index contributed by atoms with van der Waals surface area (Å²) in [5, 5.41) is 0.552. The second kappa shape index (κ2) is 7.19. The Morgan fingerprint density at radius 1 is 1.12 bits per heavy atom. The van der Waals surface area contributed by atoms with Gasteiger partial charge in [0.05, 0.1) is 10.7 Å². The molecule has 0 bridgehead atoms. The molecule has 0 spiro atoms. The maximum Gasteiger partial charge on any atom is 0.516 e. The number of halogens is 5. The quantitative estimate of drug-likeness (QED) is 0.709. The molecule has 0 aliphatic rings. The Hall–Kier alpha value is -1.84. The first-order chi connectivity index (χ1) is 11.5. The molecule has 0 aliphatic carbocycles. The maximum absolute atomic E-state index is 12.3. The smallest absolute Gasteiger partial charge is 0.485 e. The van der Waals surface area contributed by atoms with Gasteiger partial charge in [-0.15, -0.1) is 0 Å². The van der Waals surface area contributed by atoms with Crippen LogP contribution in [0.15, 0.2) is 36.4 Å². The number of anilines is 2. The first kappa shape index (κ1) is 19.5. The molecule has 0 amide bonds. The van der Waals surface area contributed by atoms with E-state index in [0.29, 0.717) is 10.6 Å². The minimum atomic E-state index is -5.46. The monoisotopic (exact) mass is 414 g/mol. The summed E-state index contributed by atoms with van der Waals surface area (Å²) in [6.45, 7) is 0.0118. The summed E-state index contributed by atoms with van der Waals surface area (Å²) in [4.78, 5) is 0. The maximum atomic E-state index is 12.3. The number of sulfonamides is 1. The predicted molar refractivity (Wildman–Crippen MR) is 90.2 cm³/mol. The van der Waals surface area contributed by atoms with Crippen LogP contribution in [0.3, 0.4) is 0 Å². The number of ether oxygens (including phenoxy) is 1. The Morgan fingerprint density at radius 3 is 2.24 bits per heavy atom. The van der Waals surface area contributed by atoms with Crippen molar-refractivity contribution in [2.75, 3.05) is 10.5 Å². The number of alkyl halides is 3. The number of benzene rings is 2. The minimum absolute atomic E-state index is 0.0118. The lowest BCUT2D eigenvalue weighted by Crippen LogP contribution is -2.29. The normalized spacial score (nSPS) is 12.0. The molecular formula is C14H11Cl2F3N2O3S. The number of nitrogens with one attached hydrogen (secondary N) is 1. The zero-order valence-electron chi connectivity index (χ0n) is 12.3. The molecule has 0 radical (unpaired) electrons. The highest BCUT2D eigenvalue weighted by Crippen LogP contribution is 2.35. The average Bonchev–Trinajstić information content (AvgIpc) is 2.46. The van der Waals surface area contributed by atoms with Gasteiger partial charge in [0, 0.05) is 10.7 Å². The standard InChI is InChI=1S/C14H11Cl2F3N2O3S/c15-9-5-11(16)13(12(20)6-9)24-7-8-1-3-10(4-2-8)21-25(22,23)14(17,18)19/h1-6,21H,7,20H2. The second-order valence-electron chi connectivity index (χ2n) is 4.84. The van der Waals surface area contributed by atoms with E-state index in [1.165, 1.54) is 41.1 Å². The van der Waals surface area contributed by atoms with Gasteiger partial charge >= 0.3 is 15.5 Å². The summed E-state index contributed by atoms with van der Waals surface area (Å²) in [6, 6.07) is 8.05. The molecule has 2 rings (SSSR count). The van der Waals surface area contributed by atoms with Crippen LogP contribution < -0.4 is 15.2 Å². The Morgan fingerprint density at radius 2 is 1.72 bits per heavy atom. The highest BCUT2D eigenvalue weighted by molar-refractivity contribution is 7.93. The highest BCUT2D eigenvalue weighted by Gasteiger charge is 2.45. The van der Waals surface area contributed by atoms with Crippen LogP contribution in [0.25, 0.3) is 0 Å². The van der Waals surface area contributed by atoms with Crippen LogP contribution in [0, 0.1) is 0 Å². The van der Waals surface area contributed by atoms with Crippen molar-refractivity contribution in [1.82, 2.24) is 0 Å². The van der Waals surface area contributed by atoms with Gasteiger partial charge in [-0.3, -0.25) is 4.72 Å². The molecule has 2 aromatic carbocycles. The first-order valence-electron chi connectivity index (χ1n) is 6.55. The van der Waals surface area contributed by atoms with E-state index >= 15 is 0 Å². The summed E-state index contributed by atoms with van der Waals surface area (Å²) in [7, 11) is -5.46. The molecule has 0 aromatic heterocycles. The van der Waals surface area contributed by atoms with Crippen molar-refractivity contribution in [3.63, 3.8) is 0 Å². The average molecular weight is 415 g/mol. The molecule has 0 fully saturated rings. The van der Waals surface area contributed by atoms with Gasteiger partial charge in [0.15, 0.2) is 5.75 Å². The highest BCUT2D eigenvalue weighted by atomic mass is 35.5. The molecule has 11 heteroatoms. The van der Waals surface area contributed by atoms with Crippen molar-refractivity contribution in [2.24, 2.45) is 0 Å². The van der Waals surface area contributed by atoms with Crippen LogP contribution in [-0.4, -0.2) is 13.9 Å². The molecule has 0 saturated carbocycles. The summed E-state index contributed by atoms with van der Waals surface area (Å²) in [6.07, 6.45) is 0. The zero-order chi connectivity index (χ0) is 18.8. The third kappa shape index (κ3) is 4.83. The van der Waals surface area contributed by atoms with E-state index in [9.17, 15) is 21.6 Å². The molecule has 2 aromatic rings. The topological polar surface area (TPSA) is 81.4 Å². The number of hydrogen-bond donors (Lipinski definition) is 2. The number of rotatable bonds is 5. The van der Waals surface area contributed by atoms with Crippen LogP contribution in [0.5, 0.6) is 5.75 Å². The van der Waals surface area contributed by atoms with Gasteiger partial charge in [-0.25, -0.2) is 0 Å². The minimum Gasteiger partial charge on any atom is -0.485 e. The van der Waals surface area contributed by atoms with Crippen LogP contribution in [0.4, 0.5) is 24.5 Å². The molecule has 0 unspecified atom stereocenters. The van der Waals surface area contributed by atoms with E-state index < -0.39 is 15.5 Å². The SMILES string of the molecule is Nc1cc(Cl)cc(Cl)c1OCc1ccc(NS(=O)(=O)C(F)(F)F)cc1. The van der Waals surface area contributed by atoms with E-state index in [2.05, 4.69) is 0 Å². The zero-order valence-corrected chi connectivity index (χ0v) is 14.6. The van der Waals surface area contributed by atoms with E-state index in [0.717, 1.165) is 0 Å². The largest absolute Gasteiger partial charge is 0.516 e. The molecule has 136 valence electrons. The first-order valence-corrected chi connectivity index (χ1v) is 8.79. The summed E-state index contributed by atoms with van der Waals surface area (Å²) < 4.78 is 65.9. The lowest BCUT2D eigenvalue weighted by Gasteiger charge is -2.13. The fourth-order valence-electron chi connectivity index (χ4n) is 1.77. The van der Waals surface area contributed by atoms with Crippen molar-refractivity contribution in [1.29, 1.82) is 0 Å². The van der Waals surface area contributed by atoms with E-state index in [-0.39, 0.29) is 28.8 Å². The van der Waals surface area contributed by atoms with Gasteiger partial charge in [0.25, 0.3) is 0 Å². The van der Waals surface area contributed by atoms with Gasteiger partial charge in [-0.2, -0.15) is 21.6 Å². The Bertz CT molecular complexity index is 849. The van der Waals surface area contributed by atoms with Crippen molar-refractivity contribution >= 4 is 44.6 Å². The number of nitrogens with two attached hydrogens (primary N) is 1. The number of nitrogen functional groups attached to an aromatic ring is 1. The van der Waals surface area contributed by atoms with Gasteiger partial charge < -0.3 is 10.5 Å². The van der Waals surface area contributed by atoms with Crippen LogP contribution >= 0.6 is 23.2 Å². The lowest BCUT2D eigenvalue weighted by atomic mass is 10.2. The van der Waals surface area contributed by atoms with Gasteiger partial charge in [-0.1, -0.05) is 35.3 Å². The molecule has 5 nitrogen and oxygen atoms in total. The molecule has 0 heterocycles. The Balaban J connectivity index is 2.07. The van der Waals surface area contributed by atoms with Crippen LogP contribution in [0.1, 0.15) is 5.56 Å². The van der Waals surface area contributed by atoms with Crippen molar-refractivity contribution < 1.29 is 26.3 Å². The Kier molecular flexibility index (Phi) is 5.60. The fraction of sp³-hybridized carbons (Fsp3) is 0.143. The van der Waals surface area contributed by atoms with Crippen LogP contribution in [-0.2, 0) is 16.6 Å². The molecular weight excluding hydrogens is 404 g/mol. The molecule has 0 atom stereocenters. The molecule has 0 aliphatic heterocycles. The van der Waals surface area contributed by atoms with Gasteiger partial charge in [0.2, 0.25) is 0 Å². The van der Waals surface area contributed by atoms with Gasteiger partial charge in [0.1, 0.15) is 6.61 Å². The van der Waals surface area contributed by atoms with E-state index in [4.69, 9.17) is 33.7 Å². The van der Waals surface area contributed by atoms with E-state index in [1.807, 2.05) is 0 Å². The van der Waals surface area contributed by atoms with Crippen LogP contribution in [0.2, 0.25) is 10.0 Å². The Labute approximate surface area is 151 Å². The third-order valence-electron chi connectivity index (χ3n) is 2.93. The summed E-state index contributed by atoms with van der Waals surface area (Å²) in [5.74, 6) is 0.216. The fourth-order valence-corrected chi connectivity index (χ4v) is 2.90. The molecule has 0 saturated heterocycles. The second-order valence-corrected chi connectivity index (χ2v) is 7.36. The number of hydrogen-bond acceptors (Lipinski definition) is 4. The molecule has 25 heavy (non-hydrogen) atoms. The van der Waals surface area contributed by atoms with Crippen molar-refractivity contribution in [2.45, 2.75) is 12.1 Å². The summed E-state index contributed by atoms with van der Waals surface area (Å²) in [5.41, 5.74) is 0.906. The third-order valence-corrected chi connectivity index (χ3v) is 4.54. The lowest BCUT2D eigenvalue weighted by molar-refractivity contribution is -0.0429. The predicted octanol–water partition coefficient (Wildman–Crippen LogP) is 4.42. The van der Waals surface area contributed by atoms with Crippen molar-refractivity contribution in [3.05, 3.63) is 52.0 Å². The van der Waals surface area contributed by atoms with Gasteiger partial charge in [-0.05, 0) is 29.8 Å². The van der Waals surface area contributed by atoms with E-state index in [1.54, 1.807) is 0 Å². The molecule has 3 N–H and O–H groups in total. The summed E-state index contributed by atoms with van der Waals surface area (Å²) >= 11 is 11.8.